The fourth-order valence-electron chi connectivity index (χ4n) is 1.03. The van der Waals surface area contributed by atoms with Crippen LogP contribution in [-0.2, 0) is 32.7 Å². The predicted octanol–water partition coefficient (Wildman–Crippen LogP) is 1.13. The third kappa shape index (κ3) is 2.14. The zero-order chi connectivity index (χ0) is 9.26. The summed E-state index contributed by atoms with van der Waals surface area (Å²) in [6, 6.07) is 4.88. The zero-order valence-electron chi connectivity index (χ0n) is 7.14. The molecule has 0 aliphatic carbocycles. The molecule has 0 bridgehead atoms. The monoisotopic (exact) mass is 262 g/mol. The van der Waals surface area contributed by atoms with Crippen molar-refractivity contribution in [1.29, 1.82) is 0 Å². The van der Waals surface area contributed by atoms with E-state index in [-0.39, 0.29) is 38.3 Å². The number of fused-ring (bicyclic) bond motifs is 1. The maximum atomic E-state index is 10.6. The normalized spacial score (nSPS) is 9.43. The van der Waals surface area contributed by atoms with Gasteiger partial charge in [-0.1, -0.05) is 17.6 Å². The van der Waals surface area contributed by atoms with Gasteiger partial charge < -0.3 is 15.1 Å². The third-order valence-electron chi connectivity index (χ3n) is 1.65. The van der Waals surface area contributed by atoms with Gasteiger partial charge in [0.2, 0.25) is 0 Å². The summed E-state index contributed by atoms with van der Waals surface area (Å²) in [5.74, 6) is -0.984. The molecule has 1 radical (unpaired) electrons. The van der Waals surface area contributed by atoms with Crippen LogP contribution in [0.1, 0.15) is 10.4 Å². The van der Waals surface area contributed by atoms with Crippen molar-refractivity contribution >= 4 is 17.0 Å². The number of aromatic carboxylic acids is 1. The van der Waals surface area contributed by atoms with Gasteiger partial charge in [-0.2, -0.15) is 12.1 Å². The Hall–Kier alpha value is -0.866. The van der Waals surface area contributed by atoms with Crippen LogP contribution in [0, 0.1) is 6.20 Å². The molecule has 2 heterocycles. The Morgan fingerprint density at radius 3 is 3.00 bits per heavy atom. The SMILES string of the molecule is O=C(O)c1cnc2n[c-]ccc2c1.[Y]. The topological polar surface area (TPSA) is 63.1 Å². The summed E-state index contributed by atoms with van der Waals surface area (Å²) in [4.78, 5) is 18.3. The van der Waals surface area contributed by atoms with Gasteiger partial charge in [0, 0.05) is 44.6 Å². The van der Waals surface area contributed by atoms with Crippen LogP contribution in [0.4, 0.5) is 0 Å². The maximum Gasteiger partial charge on any atom is 0.337 e. The molecule has 4 nitrogen and oxygen atoms in total. The van der Waals surface area contributed by atoms with Crippen LogP contribution in [0.25, 0.3) is 11.0 Å². The molecule has 0 aromatic carbocycles. The van der Waals surface area contributed by atoms with Crippen LogP contribution in [-0.4, -0.2) is 21.0 Å². The second-order valence-electron chi connectivity index (χ2n) is 2.52. The van der Waals surface area contributed by atoms with E-state index in [2.05, 4.69) is 16.2 Å². The number of carbonyl (C=O) groups is 1. The maximum absolute atomic E-state index is 10.6. The molecule has 0 amide bonds. The zero-order valence-corrected chi connectivity index (χ0v) is 9.97. The molecule has 0 saturated carbocycles. The molecule has 5 heteroatoms. The minimum atomic E-state index is -0.984. The van der Waals surface area contributed by atoms with E-state index in [4.69, 9.17) is 5.11 Å². The molecule has 67 valence electrons. The van der Waals surface area contributed by atoms with Crippen LogP contribution in [0.15, 0.2) is 24.4 Å². The molecular weight excluding hydrogens is 257 g/mol. The van der Waals surface area contributed by atoms with Crippen LogP contribution < -0.4 is 0 Å². The predicted molar refractivity (Wildman–Crippen MR) is 45.3 cm³/mol. The van der Waals surface area contributed by atoms with Crippen molar-refractivity contribution in [2.45, 2.75) is 0 Å². The molecule has 1 N–H and O–H groups in total. The van der Waals surface area contributed by atoms with Crippen molar-refractivity contribution in [3.63, 3.8) is 0 Å². The first kappa shape index (κ1) is 11.2. The van der Waals surface area contributed by atoms with E-state index >= 15 is 0 Å². The Morgan fingerprint density at radius 2 is 2.29 bits per heavy atom. The fourth-order valence-corrected chi connectivity index (χ4v) is 1.03. The van der Waals surface area contributed by atoms with E-state index in [1.54, 1.807) is 12.1 Å². The first-order valence-electron chi connectivity index (χ1n) is 3.63. The number of aromatic nitrogens is 2. The van der Waals surface area contributed by atoms with Gasteiger partial charge in [-0.05, 0) is 0 Å². The van der Waals surface area contributed by atoms with E-state index in [0.29, 0.717) is 11.0 Å². The summed E-state index contributed by atoms with van der Waals surface area (Å²) in [6.45, 7) is 0. The molecule has 0 aliphatic heterocycles. The smallest absolute Gasteiger partial charge is 0.337 e. The van der Waals surface area contributed by atoms with Crippen LogP contribution in [0.3, 0.4) is 0 Å². The Labute approximate surface area is 105 Å². The van der Waals surface area contributed by atoms with E-state index in [9.17, 15) is 4.79 Å². The average molecular weight is 262 g/mol. The van der Waals surface area contributed by atoms with Crippen molar-refractivity contribution < 1.29 is 42.6 Å². The number of pyridine rings is 2. The Morgan fingerprint density at radius 1 is 1.50 bits per heavy atom. The van der Waals surface area contributed by atoms with Crippen LogP contribution in [0.5, 0.6) is 0 Å². The number of nitrogens with zero attached hydrogens (tertiary/aromatic N) is 2. The van der Waals surface area contributed by atoms with Gasteiger partial charge in [0.25, 0.3) is 0 Å². The number of hydrogen-bond donors (Lipinski definition) is 1. The van der Waals surface area contributed by atoms with Crippen molar-refractivity contribution in [1.82, 2.24) is 9.97 Å². The molecular formula is C9H5N2O2Y-. The van der Waals surface area contributed by atoms with Gasteiger partial charge in [-0.25, -0.2) is 4.79 Å². The van der Waals surface area contributed by atoms with Crippen molar-refractivity contribution in [2.24, 2.45) is 0 Å². The quantitative estimate of drug-likeness (QED) is 0.782. The fraction of sp³-hybridized carbons (Fsp3) is 0. The Balaban J connectivity index is 0.000000980. The molecule has 0 fully saturated rings. The first-order valence-corrected chi connectivity index (χ1v) is 3.63. The molecule has 0 saturated heterocycles. The molecule has 0 atom stereocenters. The summed E-state index contributed by atoms with van der Waals surface area (Å²) >= 11 is 0. The second-order valence-corrected chi connectivity index (χ2v) is 2.52. The van der Waals surface area contributed by atoms with Gasteiger partial charge in [-0.3, -0.25) is 0 Å². The molecule has 2 aromatic rings. The largest absolute Gasteiger partial charge is 0.478 e. The van der Waals surface area contributed by atoms with Crippen molar-refractivity contribution in [3.05, 3.63) is 36.2 Å². The van der Waals surface area contributed by atoms with Crippen molar-refractivity contribution in [2.75, 3.05) is 0 Å². The second kappa shape index (κ2) is 4.57. The van der Waals surface area contributed by atoms with E-state index in [1.807, 2.05) is 0 Å². The van der Waals surface area contributed by atoms with E-state index in [1.165, 1.54) is 12.3 Å². The number of rotatable bonds is 1. The molecule has 0 spiro atoms. The van der Waals surface area contributed by atoms with Gasteiger partial charge in [0.15, 0.2) is 0 Å². The molecule has 2 aromatic heterocycles. The molecule has 0 aliphatic rings. The summed E-state index contributed by atoms with van der Waals surface area (Å²) in [5, 5.41) is 9.38. The van der Waals surface area contributed by atoms with E-state index < -0.39 is 5.97 Å². The molecule has 14 heavy (non-hydrogen) atoms. The molecule has 0 unspecified atom stereocenters. The summed E-state index contributed by atoms with van der Waals surface area (Å²) in [5.41, 5.74) is 0.674. The van der Waals surface area contributed by atoms with Crippen LogP contribution in [0.2, 0.25) is 0 Å². The number of carboxylic acid groups (broad SMARTS) is 1. The van der Waals surface area contributed by atoms with Crippen LogP contribution >= 0.6 is 0 Å². The van der Waals surface area contributed by atoms with Gasteiger partial charge in [0.1, 0.15) is 0 Å². The standard InChI is InChI=1S/C9H5N2O2.Y/c12-9(13)7-4-6-2-1-3-10-8(6)11-5-7;/h1-2,4-5H,(H,12,13);/q-1;. The Bertz CT molecular complexity index is 473. The van der Waals surface area contributed by atoms with Crippen molar-refractivity contribution in [3.8, 4) is 0 Å². The van der Waals surface area contributed by atoms with Gasteiger partial charge in [-0.15, -0.1) is 0 Å². The van der Waals surface area contributed by atoms with Gasteiger partial charge >= 0.3 is 5.97 Å². The van der Waals surface area contributed by atoms with E-state index in [0.717, 1.165) is 0 Å². The summed E-state index contributed by atoms with van der Waals surface area (Å²) < 4.78 is 0. The first-order chi connectivity index (χ1) is 6.27. The number of hydrogen-bond acceptors (Lipinski definition) is 3. The molecule has 2 rings (SSSR count). The summed E-state index contributed by atoms with van der Waals surface area (Å²) in [6.07, 6.45) is 3.91. The van der Waals surface area contributed by atoms with Gasteiger partial charge in [0.05, 0.1) is 5.56 Å². The average Bonchev–Trinajstić information content (AvgIpc) is 2.17. The minimum absolute atomic E-state index is 0. The summed E-state index contributed by atoms with van der Waals surface area (Å²) in [7, 11) is 0. The Kier molecular flexibility index (Phi) is 3.66. The third-order valence-corrected chi connectivity index (χ3v) is 1.65. The number of carboxylic acids is 1. The minimum Gasteiger partial charge on any atom is -0.478 e.